The maximum absolute atomic E-state index is 12.0. The molecule has 1 saturated carbocycles. The highest BCUT2D eigenvalue weighted by molar-refractivity contribution is 6.31. The Morgan fingerprint density at radius 2 is 2.05 bits per heavy atom. The van der Waals surface area contributed by atoms with Crippen LogP contribution in [0.3, 0.4) is 0 Å². The van der Waals surface area contributed by atoms with Crippen LogP contribution in [0, 0.1) is 12.8 Å². The van der Waals surface area contributed by atoms with E-state index in [-0.39, 0.29) is 6.03 Å². The third-order valence-electron chi connectivity index (χ3n) is 4.29. The van der Waals surface area contributed by atoms with Crippen molar-refractivity contribution in [2.45, 2.75) is 45.4 Å². The number of halogens is 1. The van der Waals surface area contributed by atoms with Gasteiger partial charge in [0.2, 0.25) is 0 Å². The summed E-state index contributed by atoms with van der Waals surface area (Å²) in [5.41, 5.74) is 1.54. The van der Waals surface area contributed by atoms with Gasteiger partial charge in [-0.1, -0.05) is 43.7 Å². The van der Waals surface area contributed by atoms with Crippen LogP contribution in [0.1, 0.15) is 44.1 Å². The Balaban J connectivity index is 1.82. The Bertz CT molecular complexity index is 514. The number of aryl methyl sites for hydroxylation is 1. The van der Waals surface area contributed by atoms with E-state index < -0.39 is 0 Å². The predicted octanol–water partition coefficient (Wildman–Crippen LogP) is 4.75. The maximum atomic E-state index is 12.0. The first kappa shape index (κ1) is 16.9. The zero-order valence-electron chi connectivity index (χ0n) is 13.4. The molecule has 0 bridgehead atoms. The second-order valence-corrected chi connectivity index (χ2v) is 6.38. The number of ether oxygens (including phenoxy) is 1. The SMILES string of the molecule is COc1cc(Cl)c(C)cc1NC(=O)NCCC1CCCCC1. The molecule has 122 valence electrons. The van der Waals surface area contributed by atoms with Crippen molar-refractivity contribution in [3.05, 3.63) is 22.7 Å². The molecule has 0 aliphatic heterocycles. The maximum Gasteiger partial charge on any atom is 0.319 e. The van der Waals surface area contributed by atoms with Crippen LogP contribution in [0.5, 0.6) is 5.75 Å². The number of rotatable bonds is 5. The summed E-state index contributed by atoms with van der Waals surface area (Å²) >= 11 is 6.06. The minimum Gasteiger partial charge on any atom is -0.495 e. The number of benzene rings is 1. The molecule has 1 aromatic rings. The second-order valence-electron chi connectivity index (χ2n) is 5.98. The standard InChI is InChI=1S/C17H25ClN2O2/c1-12-10-15(16(22-2)11-14(12)18)20-17(21)19-9-8-13-6-4-3-5-7-13/h10-11,13H,3-9H2,1-2H3,(H2,19,20,21). The molecule has 2 amide bonds. The van der Waals surface area contributed by atoms with E-state index in [2.05, 4.69) is 10.6 Å². The number of carbonyl (C=O) groups excluding carboxylic acids is 1. The molecular formula is C17H25ClN2O2. The quantitative estimate of drug-likeness (QED) is 0.821. The fraction of sp³-hybridized carbons (Fsp3) is 0.588. The van der Waals surface area contributed by atoms with E-state index in [4.69, 9.17) is 16.3 Å². The van der Waals surface area contributed by atoms with Gasteiger partial charge in [-0.3, -0.25) is 0 Å². The summed E-state index contributed by atoms with van der Waals surface area (Å²) in [7, 11) is 1.56. The lowest BCUT2D eigenvalue weighted by Gasteiger charge is -2.21. The van der Waals surface area contributed by atoms with Gasteiger partial charge in [0.05, 0.1) is 12.8 Å². The van der Waals surface area contributed by atoms with Crippen molar-refractivity contribution in [1.82, 2.24) is 5.32 Å². The average molecular weight is 325 g/mol. The number of hydrogen-bond donors (Lipinski definition) is 2. The molecule has 22 heavy (non-hydrogen) atoms. The summed E-state index contributed by atoms with van der Waals surface area (Å²) in [6.07, 6.45) is 7.68. The van der Waals surface area contributed by atoms with E-state index in [0.29, 0.717) is 23.0 Å². The van der Waals surface area contributed by atoms with Crippen LogP contribution < -0.4 is 15.4 Å². The van der Waals surface area contributed by atoms with Crippen LogP contribution >= 0.6 is 11.6 Å². The summed E-state index contributed by atoms with van der Waals surface area (Å²) in [5, 5.41) is 6.38. The Kier molecular flexibility index (Phi) is 6.37. The van der Waals surface area contributed by atoms with Gasteiger partial charge in [0.25, 0.3) is 0 Å². The van der Waals surface area contributed by atoms with Crippen molar-refractivity contribution in [3.63, 3.8) is 0 Å². The fourth-order valence-corrected chi connectivity index (χ4v) is 3.12. The molecule has 0 radical (unpaired) electrons. The third kappa shape index (κ3) is 4.80. The molecule has 0 spiro atoms. The van der Waals surface area contributed by atoms with E-state index in [1.807, 2.05) is 13.0 Å². The van der Waals surface area contributed by atoms with Gasteiger partial charge in [0.1, 0.15) is 5.75 Å². The first-order chi connectivity index (χ1) is 10.6. The van der Waals surface area contributed by atoms with Crippen LogP contribution in [-0.4, -0.2) is 19.7 Å². The summed E-state index contributed by atoms with van der Waals surface area (Å²) < 4.78 is 5.25. The smallest absolute Gasteiger partial charge is 0.319 e. The molecule has 0 saturated heterocycles. The molecule has 4 nitrogen and oxygen atoms in total. The lowest BCUT2D eigenvalue weighted by atomic mass is 9.87. The van der Waals surface area contributed by atoms with E-state index in [0.717, 1.165) is 17.9 Å². The molecule has 1 aliphatic rings. The monoisotopic (exact) mass is 324 g/mol. The van der Waals surface area contributed by atoms with Gasteiger partial charge in [-0.25, -0.2) is 4.79 Å². The summed E-state index contributed by atoms with van der Waals surface area (Å²) in [4.78, 5) is 12.0. The van der Waals surface area contributed by atoms with Crippen LogP contribution in [-0.2, 0) is 0 Å². The van der Waals surface area contributed by atoms with Crippen molar-refractivity contribution in [3.8, 4) is 5.75 Å². The third-order valence-corrected chi connectivity index (χ3v) is 4.70. The molecule has 2 rings (SSSR count). The summed E-state index contributed by atoms with van der Waals surface area (Å²) in [6.45, 7) is 2.61. The molecule has 2 N–H and O–H groups in total. The van der Waals surface area contributed by atoms with Crippen molar-refractivity contribution >= 4 is 23.3 Å². The first-order valence-corrected chi connectivity index (χ1v) is 8.37. The summed E-state index contributed by atoms with van der Waals surface area (Å²) in [6, 6.07) is 3.34. The highest BCUT2D eigenvalue weighted by Gasteiger charge is 2.14. The fourth-order valence-electron chi connectivity index (χ4n) is 2.96. The van der Waals surface area contributed by atoms with Crippen LogP contribution in [0.2, 0.25) is 5.02 Å². The molecule has 5 heteroatoms. The Hall–Kier alpha value is -1.42. The molecule has 0 atom stereocenters. The van der Waals surface area contributed by atoms with E-state index in [9.17, 15) is 4.79 Å². The highest BCUT2D eigenvalue weighted by Crippen LogP contribution is 2.31. The second kappa shape index (κ2) is 8.28. The van der Waals surface area contributed by atoms with Crippen LogP contribution in [0.4, 0.5) is 10.5 Å². The molecular weight excluding hydrogens is 300 g/mol. The normalized spacial score (nSPS) is 15.4. The van der Waals surface area contributed by atoms with E-state index in [1.54, 1.807) is 13.2 Å². The Morgan fingerprint density at radius 1 is 1.32 bits per heavy atom. The minimum absolute atomic E-state index is 0.198. The van der Waals surface area contributed by atoms with Gasteiger partial charge in [-0.05, 0) is 30.9 Å². The zero-order chi connectivity index (χ0) is 15.9. The number of nitrogens with one attached hydrogen (secondary N) is 2. The van der Waals surface area contributed by atoms with E-state index >= 15 is 0 Å². The van der Waals surface area contributed by atoms with Crippen molar-refractivity contribution in [2.24, 2.45) is 5.92 Å². The largest absolute Gasteiger partial charge is 0.495 e. The average Bonchev–Trinajstić information content (AvgIpc) is 2.51. The van der Waals surface area contributed by atoms with Crippen molar-refractivity contribution in [1.29, 1.82) is 0 Å². The van der Waals surface area contributed by atoms with Crippen LogP contribution in [0.25, 0.3) is 0 Å². The van der Waals surface area contributed by atoms with Gasteiger partial charge < -0.3 is 15.4 Å². The number of anilines is 1. The summed E-state index contributed by atoms with van der Waals surface area (Å²) in [5.74, 6) is 1.33. The van der Waals surface area contributed by atoms with Crippen LogP contribution in [0.15, 0.2) is 12.1 Å². The van der Waals surface area contributed by atoms with Gasteiger partial charge in [0, 0.05) is 17.6 Å². The lowest BCUT2D eigenvalue weighted by Crippen LogP contribution is -2.31. The molecule has 0 heterocycles. The van der Waals surface area contributed by atoms with Gasteiger partial charge in [-0.2, -0.15) is 0 Å². The molecule has 0 unspecified atom stereocenters. The zero-order valence-corrected chi connectivity index (χ0v) is 14.1. The lowest BCUT2D eigenvalue weighted by molar-refractivity contribution is 0.250. The predicted molar refractivity (Wildman–Crippen MR) is 91.0 cm³/mol. The number of hydrogen-bond acceptors (Lipinski definition) is 2. The van der Waals surface area contributed by atoms with Crippen molar-refractivity contribution in [2.75, 3.05) is 19.0 Å². The molecule has 0 aromatic heterocycles. The number of amides is 2. The highest BCUT2D eigenvalue weighted by atomic mass is 35.5. The molecule has 1 aromatic carbocycles. The Morgan fingerprint density at radius 3 is 2.73 bits per heavy atom. The van der Waals surface area contributed by atoms with Crippen molar-refractivity contribution < 1.29 is 9.53 Å². The number of carbonyl (C=O) groups is 1. The number of methoxy groups -OCH3 is 1. The topological polar surface area (TPSA) is 50.4 Å². The first-order valence-electron chi connectivity index (χ1n) is 7.99. The van der Waals surface area contributed by atoms with Gasteiger partial charge in [-0.15, -0.1) is 0 Å². The van der Waals surface area contributed by atoms with Gasteiger partial charge >= 0.3 is 6.03 Å². The number of urea groups is 1. The molecule has 1 aliphatic carbocycles. The van der Waals surface area contributed by atoms with E-state index in [1.165, 1.54) is 32.1 Å². The van der Waals surface area contributed by atoms with Gasteiger partial charge in [0.15, 0.2) is 0 Å². The minimum atomic E-state index is -0.198. The Labute approximate surface area is 137 Å². The molecule has 1 fully saturated rings.